The highest BCUT2D eigenvalue weighted by Gasteiger charge is 2.40. The van der Waals surface area contributed by atoms with Crippen molar-refractivity contribution in [1.29, 1.82) is 0 Å². The lowest BCUT2D eigenvalue weighted by Crippen LogP contribution is -2.65. The summed E-state index contributed by atoms with van der Waals surface area (Å²) >= 11 is 0. The first kappa shape index (κ1) is 64.7. The third-order valence-corrected chi connectivity index (χ3v) is 11.1. The smallest absolute Gasteiger partial charge is 0.245 e. The highest BCUT2D eigenvalue weighted by Crippen LogP contribution is 2.17. The normalized spacial score (nSPS) is 14.8. The van der Waals surface area contributed by atoms with E-state index >= 15 is 0 Å². The molecule has 0 fully saturated rings. The van der Waals surface area contributed by atoms with Crippen LogP contribution in [0.1, 0.15) is 170 Å². The molecule has 0 radical (unpaired) electrons. The van der Waals surface area contributed by atoms with Crippen LogP contribution in [0.25, 0.3) is 0 Å². The van der Waals surface area contributed by atoms with Crippen LogP contribution in [0.3, 0.4) is 0 Å². The molecule has 0 spiro atoms. The zero-order chi connectivity index (χ0) is 54.8. The number of carbonyl (C=O) groups is 10. The third-order valence-electron chi connectivity index (χ3n) is 11.1. The Hall–Kier alpha value is -5.30. The Kier molecular flexibility index (Phi) is 26.4. The predicted molar refractivity (Wildman–Crippen MR) is 270 cm³/mol. The topological polar surface area (TPSA) is 305 Å². The van der Waals surface area contributed by atoms with Gasteiger partial charge in [-0.1, -0.05) is 83.1 Å². The fraction of sp³-hybridized carbons (Fsp3) is 0.800. The molecule has 0 aromatic rings. The zero-order valence-corrected chi connectivity index (χ0v) is 45.8. The van der Waals surface area contributed by atoms with Gasteiger partial charge in [0.1, 0.15) is 52.9 Å². The second kappa shape index (κ2) is 28.5. The van der Waals surface area contributed by atoms with E-state index in [0.717, 1.165) is 0 Å². The summed E-state index contributed by atoms with van der Waals surface area (Å²) < 4.78 is 0. The summed E-state index contributed by atoms with van der Waals surface area (Å²) in [5, 5.41) is 24.4. The van der Waals surface area contributed by atoms with Gasteiger partial charge in [-0.15, -0.1) is 0 Å². The average molecular weight is 993 g/mol. The van der Waals surface area contributed by atoms with Crippen LogP contribution in [0.4, 0.5) is 0 Å². The summed E-state index contributed by atoms with van der Waals surface area (Å²) in [6.45, 7) is 32.4. The summed E-state index contributed by atoms with van der Waals surface area (Å²) in [5.41, 5.74) is 0.863. The quantitative estimate of drug-likeness (QED) is 0.0501. The molecule has 10 amide bonds. The van der Waals surface area contributed by atoms with Crippen LogP contribution < -0.4 is 53.6 Å². The van der Waals surface area contributed by atoms with E-state index in [1.165, 1.54) is 48.5 Å². The van der Waals surface area contributed by atoms with Crippen molar-refractivity contribution >= 4 is 59.1 Å². The van der Waals surface area contributed by atoms with E-state index in [2.05, 4.69) is 47.9 Å². The average Bonchev–Trinajstić information content (AvgIpc) is 3.17. The monoisotopic (exact) mass is 993 g/mol. The van der Waals surface area contributed by atoms with Gasteiger partial charge in [-0.2, -0.15) is 0 Å². The highest BCUT2D eigenvalue weighted by atomic mass is 16.2. The molecule has 402 valence electrons. The van der Waals surface area contributed by atoms with Crippen molar-refractivity contribution in [3.05, 3.63) is 0 Å². The Balaban J connectivity index is 6.40. The maximum Gasteiger partial charge on any atom is 0.245 e. The fourth-order valence-corrected chi connectivity index (χ4v) is 7.39. The van der Waals surface area contributed by atoms with Crippen LogP contribution in [0.15, 0.2) is 0 Å². The standard InChI is InChI=1S/C50H92N10O10/c1-26(2)20-33(39(51)62)55-45(68)48(14,15)59-43(66)37(24-30(9)10)54-40(63)34(21-27(3)4)53-41(64)35(22-28(5)6)56-46(69)49(16,17)60-44(67)38(25-31(11)12)57-47(70)50(18,19)58-42(65)36(23-29(7)8)52-32(13)61/h26-31,33-38H,20-25H2,1-19H3,(H2,51,62)(H,52,61)(H,53,64)(H,54,63)(H,55,68)(H,56,69)(H,57,70)(H,58,65)(H,59,66)(H,60,67)/t33-,34-,35-,36-,37-,38-/m0/s1. The van der Waals surface area contributed by atoms with Gasteiger partial charge in [0.15, 0.2) is 0 Å². The van der Waals surface area contributed by atoms with Gasteiger partial charge in [-0.3, -0.25) is 47.9 Å². The van der Waals surface area contributed by atoms with Crippen molar-refractivity contribution in [1.82, 2.24) is 47.9 Å². The molecule has 6 atom stereocenters. The molecule has 0 aliphatic carbocycles. The minimum absolute atomic E-state index is 0.0446. The van der Waals surface area contributed by atoms with Crippen LogP contribution in [0, 0.1) is 35.5 Å². The van der Waals surface area contributed by atoms with Crippen LogP contribution in [0.2, 0.25) is 0 Å². The number of hydrogen-bond donors (Lipinski definition) is 10. The maximum atomic E-state index is 14.1. The molecule has 11 N–H and O–H groups in total. The van der Waals surface area contributed by atoms with Gasteiger partial charge in [0, 0.05) is 6.92 Å². The van der Waals surface area contributed by atoms with Gasteiger partial charge in [0.05, 0.1) is 0 Å². The minimum atomic E-state index is -1.63. The van der Waals surface area contributed by atoms with Gasteiger partial charge < -0.3 is 53.6 Å². The molecule has 0 unspecified atom stereocenters. The molecule has 0 rings (SSSR count). The van der Waals surface area contributed by atoms with Gasteiger partial charge in [0.2, 0.25) is 59.1 Å². The van der Waals surface area contributed by atoms with E-state index in [1.54, 1.807) is 0 Å². The van der Waals surface area contributed by atoms with Gasteiger partial charge in [-0.25, -0.2) is 0 Å². The molecule has 0 aliphatic rings. The molecular formula is C50H92N10O10. The first-order valence-electron chi connectivity index (χ1n) is 24.9. The minimum Gasteiger partial charge on any atom is -0.368 e. The molecule has 0 bridgehead atoms. The molecule has 0 heterocycles. The third kappa shape index (κ3) is 24.0. The largest absolute Gasteiger partial charge is 0.368 e. The van der Waals surface area contributed by atoms with Gasteiger partial charge in [-0.05, 0) is 116 Å². The lowest BCUT2D eigenvalue weighted by Gasteiger charge is -2.33. The van der Waals surface area contributed by atoms with Crippen molar-refractivity contribution in [2.24, 2.45) is 41.2 Å². The summed E-state index contributed by atoms with van der Waals surface area (Å²) in [4.78, 5) is 134. The SMILES string of the molecule is CC(=O)N[C@@H](CC(C)C)C(=O)NC(C)(C)C(=O)N[C@@H](CC(C)C)C(=O)NC(C)(C)C(=O)N[C@@H](CC(C)C)C(=O)N[C@@H](CC(C)C)C(=O)N[C@@H](CC(C)C)C(=O)NC(C)(C)C(=O)N[C@@H](CC(C)C)C(N)=O. The number of hydrogen-bond acceptors (Lipinski definition) is 10. The first-order valence-corrected chi connectivity index (χ1v) is 24.9. The predicted octanol–water partition coefficient (Wildman–Crippen LogP) is 2.36. The van der Waals surface area contributed by atoms with Gasteiger partial charge in [0.25, 0.3) is 0 Å². The Morgan fingerprint density at radius 1 is 0.329 bits per heavy atom. The number of nitrogens with two attached hydrogens (primary N) is 1. The van der Waals surface area contributed by atoms with Crippen molar-refractivity contribution in [3.63, 3.8) is 0 Å². The molecule has 0 saturated carbocycles. The van der Waals surface area contributed by atoms with Crippen LogP contribution >= 0.6 is 0 Å². The van der Waals surface area contributed by atoms with Crippen molar-refractivity contribution < 1.29 is 47.9 Å². The summed E-state index contributed by atoms with van der Waals surface area (Å²) in [6.07, 6.45) is 1.28. The van der Waals surface area contributed by atoms with E-state index in [-0.39, 0.29) is 61.2 Å². The van der Waals surface area contributed by atoms with E-state index in [9.17, 15) is 47.9 Å². The van der Waals surface area contributed by atoms with Gasteiger partial charge >= 0.3 is 0 Å². The second-order valence-corrected chi connectivity index (χ2v) is 23.0. The summed E-state index contributed by atoms with van der Waals surface area (Å²) in [6, 6.07) is -6.45. The van der Waals surface area contributed by atoms with E-state index < -0.39 is 112 Å². The number of primary amides is 1. The van der Waals surface area contributed by atoms with Crippen molar-refractivity contribution in [3.8, 4) is 0 Å². The molecular weight excluding hydrogens is 901 g/mol. The fourth-order valence-electron chi connectivity index (χ4n) is 7.39. The van der Waals surface area contributed by atoms with Crippen molar-refractivity contribution in [2.75, 3.05) is 0 Å². The Morgan fingerprint density at radius 2 is 0.529 bits per heavy atom. The lowest BCUT2D eigenvalue weighted by atomic mass is 9.96. The summed E-state index contributed by atoms with van der Waals surface area (Å²) in [5.74, 6) is -6.75. The number of nitrogens with one attached hydrogen (secondary N) is 9. The molecule has 20 heteroatoms. The molecule has 0 aromatic carbocycles. The lowest BCUT2D eigenvalue weighted by molar-refractivity contribution is -0.139. The Morgan fingerprint density at radius 3 is 0.771 bits per heavy atom. The molecule has 20 nitrogen and oxygen atoms in total. The number of carbonyl (C=O) groups excluding carboxylic acids is 10. The number of amides is 10. The van der Waals surface area contributed by atoms with Crippen LogP contribution in [-0.2, 0) is 47.9 Å². The van der Waals surface area contributed by atoms with E-state index in [4.69, 9.17) is 5.73 Å². The van der Waals surface area contributed by atoms with Crippen molar-refractivity contribution in [2.45, 2.75) is 223 Å². The molecule has 0 saturated heterocycles. The highest BCUT2D eigenvalue weighted by molar-refractivity contribution is 6.00. The first-order chi connectivity index (χ1) is 31.8. The number of rotatable bonds is 30. The van der Waals surface area contributed by atoms with E-state index in [0.29, 0.717) is 12.8 Å². The van der Waals surface area contributed by atoms with Crippen LogP contribution in [-0.4, -0.2) is 112 Å². The summed E-state index contributed by atoms with van der Waals surface area (Å²) in [7, 11) is 0. The zero-order valence-electron chi connectivity index (χ0n) is 45.8. The Bertz CT molecular complexity index is 1830. The molecule has 70 heavy (non-hydrogen) atoms. The molecule has 0 aromatic heterocycles. The van der Waals surface area contributed by atoms with E-state index in [1.807, 2.05) is 83.1 Å². The second-order valence-electron chi connectivity index (χ2n) is 23.0. The molecule has 0 aliphatic heterocycles. The maximum absolute atomic E-state index is 14.1. The van der Waals surface area contributed by atoms with Crippen LogP contribution in [0.5, 0.6) is 0 Å². The Labute approximate surface area is 418 Å².